The van der Waals surface area contributed by atoms with Gasteiger partial charge in [-0.05, 0) is 13.0 Å². The zero-order chi connectivity index (χ0) is 9.84. The van der Waals surface area contributed by atoms with E-state index in [1.165, 1.54) is 11.0 Å². The number of nitrogens with one attached hydrogen (secondary N) is 1. The Morgan fingerprint density at radius 3 is 2.77 bits per heavy atom. The molecule has 0 spiro atoms. The molecule has 1 N–H and O–H groups in total. The van der Waals surface area contributed by atoms with E-state index in [1.807, 2.05) is 6.92 Å². The van der Waals surface area contributed by atoms with Gasteiger partial charge in [0.05, 0.1) is 0 Å². The third-order valence-corrected chi connectivity index (χ3v) is 1.82. The maximum Gasteiger partial charge on any atom is 0.270 e. The summed E-state index contributed by atoms with van der Waals surface area (Å²) < 4.78 is 0. The number of pyridine rings is 1. The summed E-state index contributed by atoms with van der Waals surface area (Å²) in [7, 11) is 1.69. The summed E-state index contributed by atoms with van der Waals surface area (Å²) in [5.74, 6) is -0.166. The summed E-state index contributed by atoms with van der Waals surface area (Å²) in [6.07, 6.45) is 0. The number of carbonyl (C=O) groups is 1. The van der Waals surface area contributed by atoms with E-state index in [4.69, 9.17) is 0 Å². The Labute approximate surface area is 76.2 Å². The highest BCUT2D eigenvalue weighted by Crippen LogP contribution is 1.96. The first-order valence-electron chi connectivity index (χ1n) is 4.10. The van der Waals surface area contributed by atoms with Crippen LogP contribution >= 0.6 is 0 Å². The van der Waals surface area contributed by atoms with Crippen molar-refractivity contribution in [1.29, 1.82) is 0 Å². The van der Waals surface area contributed by atoms with Crippen LogP contribution in [0, 0.1) is 0 Å². The highest BCUT2D eigenvalue weighted by molar-refractivity contribution is 5.91. The Balaban J connectivity index is 2.95. The Hall–Kier alpha value is -1.58. The molecule has 0 saturated carbocycles. The standard InChI is InChI=1S/C9H12N2O2/c1-3-11(2)9(13)7-5-4-6-8(12)10-7/h4-6H,3H2,1-2H3,(H,10,12). The number of aromatic nitrogens is 1. The molecular weight excluding hydrogens is 168 g/mol. The van der Waals surface area contributed by atoms with Gasteiger partial charge in [0.2, 0.25) is 5.56 Å². The third kappa shape index (κ3) is 2.18. The van der Waals surface area contributed by atoms with Crippen molar-refractivity contribution in [2.45, 2.75) is 6.92 Å². The molecule has 0 radical (unpaired) electrons. The first-order valence-corrected chi connectivity index (χ1v) is 4.10. The van der Waals surface area contributed by atoms with E-state index in [0.717, 1.165) is 0 Å². The van der Waals surface area contributed by atoms with Crippen LogP contribution in [0.4, 0.5) is 0 Å². The molecule has 0 aromatic carbocycles. The molecule has 0 saturated heterocycles. The molecule has 13 heavy (non-hydrogen) atoms. The van der Waals surface area contributed by atoms with Crippen LogP contribution in [0.25, 0.3) is 0 Å². The van der Waals surface area contributed by atoms with E-state index in [2.05, 4.69) is 4.98 Å². The number of amides is 1. The molecule has 0 bridgehead atoms. The highest BCUT2D eigenvalue weighted by atomic mass is 16.2. The Morgan fingerprint density at radius 2 is 2.23 bits per heavy atom. The molecule has 1 rings (SSSR count). The van der Waals surface area contributed by atoms with Crippen molar-refractivity contribution in [3.05, 3.63) is 34.2 Å². The topological polar surface area (TPSA) is 53.2 Å². The van der Waals surface area contributed by atoms with Gasteiger partial charge in [0, 0.05) is 19.7 Å². The SMILES string of the molecule is CCN(C)C(=O)c1cccc(=O)[nH]1. The zero-order valence-electron chi connectivity index (χ0n) is 7.70. The third-order valence-electron chi connectivity index (χ3n) is 1.82. The second-order valence-corrected chi connectivity index (χ2v) is 2.75. The molecule has 0 fully saturated rings. The van der Waals surface area contributed by atoms with Crippen molar-refractivity contribution in [2.24, 2.45) is 0 Å². The van der Waals surface area contributed by atoms with Gasteiger partial charge < -0.3 is 9.88 Å². The minimum absolute atomic E-state index is 0.166. The average molecular weight is 180 g/mol. The fraction of sp³-hybridized carbons (Fsp3) is 0.333. The molecule has 0 unspecified atom stereocenters. The Bertz CT molecular complexity index is 357. The lowest BCUT2D eigenvalue weighted by molar-refractivity contribution is 0.0796. The zero-order valence-corrected chi connectivity index (χ0v) is 7.70. The minimum atomic E-state index is -0.254. The molecule has 4 nitrogen and oxygen atoms in total. The van der Waals surface area contributed by atoms with E-state index < -0.39 is 0 Å². The van der Waals surface area contributed by atoms with Crippen LogP contribution in [0.2, 0.25) is 0 Å². The lowest BCUT2D eigenvalue weighted by Gasteiger charge is -2.13. The van der Waals surface area contributed by atoms with Gasteiger partial charge in [0.15, 0.2) is 0 Å². The summed E-state index contributed by atoms with van der Waals surface area (Å²) in [4.78, 5) is 26.4. The first kappa shape index (κ1) is 9.51. The van der Waals surface area contributed by atoms with E-state index in [1.54, 1.807) is 19.2 Å². The quantitative estimate of drug-likeness (QED) is 0.719. The van der Waals surface area contributed by atoms with Gasteiger partial charge in [-0.15, -0.1) is 0 Å². The van der Waals surface area contributed by atoms with Gasteiger partial charge in [0.1, 0.15) is 5.69 Å². The Morgan fingerprint density at radius 1 is 1.54 bits per heavy atom. The summed E-state index contributed by atoms with van der Waals surface area (Å²) in [5, 5.41) is 0. The summed E-state index contributed by atoms with van der Waals surface area (Å²) >= 11 is 0. The first-order chi connectivity index (χ1) is 6.15. The Kier molecular flexibility index (Phi) is 2.84. The molecule has 1 aromatic heterocycles. The largest absolute Gasteiger partial charge is 0.341 e. The van der Waals surface area contributed by atoms with E-state index in [9.17, 15) is 9.59 Å². The second-order valence-electron chi connectivity index (χ2n) is 2.75. The fourth-order valence-corrected chi connectivity index (χ4v) is 0.922. The number of H-pyrrole nitrogens is 1. The van der Waals surface area contributed by atoms with Crippen LogP contribution in [0.5, 0.6) is 0 Å². The van der Waals surface area contributed by atoms with Crippen molar-refractivity contribution in [3.8, 4) is 0 Å². The van der Waals surface area contributed by atoms with Gasteiger partial charge in [-0.1, -0.05) is 6.07 Å². The summed E-state index contributed by atoms with van der Waals surface area (Å²) in [6.45, 7) is 2.49. The summed E-state index contributed by atoms with van der Waals surface area (Å²) in [6, 6.07) is 4.54. The van der Waals surface area contributed by atoms with Gasteiger partial charge in [0.25, 0.3) is 5.91 Å². The molecular formula is C9H12N2O2. The number of aromatic amines is 1. The van der Waals surface area contributed by atoms with Crippen molar-refractivity contribution in [1.82, 2.24) is 9.88 Å². The maximum absolute atomic E-state index is 11.5. The van der Waals surface area contributed by atoms with Crippen LogP contribution < -0.4 is 5.56 Å². The van der Waals surface area contributed by atoms with Gasteiger partial charge in [-0.3, -0.25) is 9.59 Å². The molecule has 70 valence electrons. The molecule has 1 amide bonds. The van der Waals surface area contributed by atoms with Crippen LogP contribution in [-0.2, 0) is 0 Å². The monoisotopic (exact) mass is 180 g/mol. The molecule has 1 aromatic rings. The maximum atomic E-state index is 11.5. The predicted octanol–water partition coefficient (Wildman–Crippen LogP) is 0.467. The number of hydrogen-bond acceptors (Lipinski definition) is 2. The van der Waals surface area contributed by atoms with Crippen molar-refractivity contribution >= 4 is 5.91 Å². The predicted molar refractivity (Wildman–Crippen MR) is 49.7 cm³/mol. The minimum Gasteiger partial charge on any atom is -0.341 e. The van der Waals surface area contributed by atoms with Gasteiger partial charge in [-0.2, -0.15) is 0 Å². The van der Waals surface area contributed by atoms with Crippen LogP contribution in [0.1, 0.15) is 17.4 Å². The van der Waals surface area contributed by atoms with Crippen molar-refractivity contribution in [3.63, 3.8) is 0 Å². The second kappa shape index (κ2) is 3.89. The van der Waals surface area contributed by atoms with Crippen molar-refractivity contribution in [2.75, 3.05) is 13.6 Å². The van der Waals surface area contributed by atoms with Crippen LogP contribution in [0.15, 0.2) is 23.0 Å². The summed E-state index contributed by atoms with van der Waals surface area (Å²) in [5.41, 5.74) is 0.0761. The smallest absolute Gasteiger partial charge is 0.270 e. The lowest BCUT2D eigenvalue weighted by atomic mass is 10.3. The number of rotatable bonds is 2. The van der Waals surface area contributed by atoms with Crippen LogP contribution in [-0.4, -0.2) is 29.4 Å². The molecule has 0 aliphatic rings. The normalized spacial score (nSPS) is 9.69. The fourth-order valence-electron chi connectivity index (χ4n) is 0.922. The van der Waals surface area contributed by atoms with Gasteiger partial charge in [-0.25, -0.2) is 0 Å². The molecule has 0 aliphatic heterocycles. The van der Waals surface area contributed by atoms with E-state index in [0.29, 0.717) is 12.2 Å². The number of hydrogen-bond donors (Lipinski definition) is 1. The number of carbonyl (C=O) groups excluding carboxylic acids is 1. The van der Waals surface area contributed by atoms with Gasteiger partial charge >= 0.3 is 0 Å². The lowest BCUT2D eigenvalue weighted by Crippen LogP contribution is -2.28. The number of nitrogens with zero attached hydrogens (tertiary/aromatic N) is 1. The van der Waals surface area contributed by atoms with E-state index in [-0.39, 0.29) is 11.5 Å². The molecule has 0 atom stereocenters. The van der Waals surface area contributed by atoms with Crippen LogP contribution in [0.3, 0.4) is 0 Å². The molecule has 4 heteroatoms. The van der Waals surface area contributed by atoms with Crippen molar-refractivity contribution < 1.29 is 4.79 Å². The molecule has 0 aliphatic carbocycles. The highest BCUT2D eigenvalue weighted by Gasteiger charge is 2.09. The molecule has 1 heterocycles. The average Bonchev–Trinajstić information content (AvgIpc) is 2.15. The van der Waals surface area contributed by atoms with E-state index >= 15 is 0 Å².